The Bertz CT molecular complexity index is 1050. The van der Waals surface area contributed by atoms with Gasteiger partial charge in [-0.1, -0.05) is 12.1 Å². The number of aliphatic hydroxyl groups is 1. The Balaban J connectivity index is 1.61. The molecule has 1 aromatic carbocycles. The molecule has 172 valence electrons. The second kappa shape index (κ2) is 11.6. The molecular formula is C22H24N6O5. The minimum Gasteiger partial charge on any atom is -0.437 e. The van der Waals surface area contributed by atoms with Crippen molar-refractivity contribution >= 4 is 29.0 Å². The zero-order valence-corrected chi connectivity index (χ0v) is 18.1. The average molecular weight is 452 g/mol. The Hall–Kier alpha value is -4.01. The normalized spacial score (nSPS) is 13.2. The van der Waals surface area contributed by atoms with Gasteiger partial charge >= 0.3 is 0 Å². The van der Waals surface area contributed by atoms with Crippen LogP contribution in [0.2, 0.25) is 0 Å². The molecule has 0 radical (unpaired) electrons. The summed E-state index contributed by atoms with van der Waals surface area (Å²) in [5.74, 6) is -0.0160. The molecule has 3 rings (SSSR count). The first kappa shape index (κ1) is 23.6. The summed E-state index contributed by atoms with van der Waals surface area (Å²) in [6.07, 6.45) is 1.90. The molecule has 2 aromatic rings. The molecule has 1 aliphatic heterocycles. The molecule has 1 aliphatic rings. The van der Waals surface area contributed by atoms with Crippen LogP contribution in [0.4, 0.5) is 11.6 Å². The number of para-hydroxylation sites is 2. The van der Waals surface area contributed by atoms with Crippen LogP contribution in [0.3, 0.4) is 0 Å². The van der Waals surface area contributed by atoms with Crippen molar-refractivity contribution in [2.24, 2.45) is 0 Å². The van der Waals surface area contributed by atoms with E-state index < -0.39 is 18.4 Å². The SMILES string of the molecule is CCOCC(=O)N(CCCNc1nccc(C(C#N)=C2Nc3ccccc3O2)n1)C(=O)CO. The lowest BCUT2D eigenvalue weighted by molar-refractivity contribution is -0.149. The molecule has 3 N–H and O–H groups in total. The second-order valence-electron chi connectivity index (χ2n) is 6.82. The molecule has 0 saturated heterocycles. The van der Waals surface area contributed by atoms with Crippen molar-refractivity contribution < 1.29 is 24.2 Å². The quantitative estimate of drug-likeness (QED) is 0.356. The zero-order chi connectivity index (χ0) is 23.6. The summed E-state index contributed by atoms with van der Waals surface area (Å²) in [5, 5.41) is 24.8. The number of aliphatic hydroxyl groups excluding tert-OH is 1. The van der Waals surface area contributed by atoms with Crippen LogP contribution < -0.4 is 15.4 Å². The van der Waals surface area contributed by atoms with E-state index in [-0.39, 0.29) is 30.6 Å². The molecule has 0 aliphatic carbocycles. The highest BCUT2D eigenvalue weighted by Gasteiger charge is 2.22. The maximum Gasteiger partial charge on any atom is 0.255 e. The van der Waals surface area contributed by atoms with Crippen molar-refractivity contribution in [3.63, 3.8) is 0 Å². The lowest BCUT2D eigenvalue weighted by atomic mass is 10.2. The van der Waals surface area contributed by atoms with Crippen LogP contribution in [0.15, 0.2) is 42.4 Å². The van der Waals surface area contributed by atoms with E-state index in [9.17, 15) is 14.9 Å². The van der Waals surface area contributed by atoms with Crippen molar-refractivity contribution in [3.8, 4) is 11.8 Å². The zero-order valence-electron chi connectivity index (χ0n) is 18.1. The van der Waals surface area contributed by atoms with Crippen LogP contribution in [-0.4, -0.2) is 64.7 Å². The van der Waals surface area contributed by atoms with Gasteiger partial charge in [-0.3, -0.25) is 14.5 Å². The van der Waals surface area contributed by atoms with Crippen LogP contribution in [0, 0.1) is 11.3 Å². The first-order valence-corrected chi connectivity index (χ1v) is 10.3. The number of fused-ring (bicyclic) bond motifs is 1. The number of amides is 2. The second-order valence-corrected chi connectivity index (χ2v) is 6.82. The van der Waals surface area contributed by atoms with Gasteiger partial charge in [0, 0.05) is 25.9 Å². The summed E-state index contributed by atoms with van der Waals surface area (Å²) < 4.78 is 10.8. The number of ether oxygens (including phenoxy) is 2. The molecule has 0 saturated carbocycles. The van der Waals surface area contributed by atoms with Crippen LogP contribution in [0.1, 0.15) is 19.0 Å². The number of allylic oxidation sites excluding steroid dienone is 1. The maximum atomic E-state index is 12.1. The molecule has 0 spiro atoms. The molecule has 2 heterocycles. The summed E-state index contributed by atoms with van der Waals surface area (Å²) in [5.41, 5.74) is 1.35. The fourth-order valence-electron chi connectivity index (χ4n) is 3.02. The summed E-state index contributed by atoms with van der Waals surface area (Å²) in [7, 11) is 0. The smallest absolute Gasteiger partial charge is 0.255 e. The van der Waals surface area contributed by atoms with E-state index >= 15 is 0 Å². The summed E-state index contributed by atoms with van der Waals surface area (Å²) in [4.78, 5) is 33.4. The van der Waals surface area contributed by atoms with Gasteiger partial charge < -0.3 is 25.2 Å². The lowest BCUT2D eigenvalue weighted by Gasteiger charge is -2.20. The topological polar surface area (TPSA) is 150 Å². The third-order valence-corrected chi connectivity index (χ3v) is 4.61. The van der Waals surface area contributed by atoms with Crippen LogP contribution in [0.25, 0.3) is 5.57 Å². The van der Waals surface area contributed by atoms with Gasteiger partial charge in [-0.05, 0) is 31.5 Å². The third-order valence-electron chi connectivity index (χ3n) is 4.61. The number of carbonyl (C=O) groups is 2. The average Bonchev–Trinajstić information content (AvgIpc) is 3.26. The lowest BCUT2D eigenvalue weighted by Crippen LogP contribution is -2.42. The highest BCUT2D eigenvalue weighted by Crippen LogP contribution is 2.35. The number of aromatic nitrogens is 2. The van der Waals surface area contributed by atoms with E-state index in [1.165, 1.54) is 6.20 Å². The first-order valence-electron chi connectivity index (χ1n) is 10.3. The molecule has 1 aromatic heterocycles. The Morgan fingerprint density at radius 3 is 2.85 bits per heavy atom. The van der Waals surface area contributed by atoms with E-state index in [1.54, 1.807) is 19.1 Å². The van der Waals surface area contributed by atoms with Crippen molar-refractivity contribution in [1.29, 1.82) is 5.26 Å². The van der Waals surface area contributed by atoms with Crippen LogP contribution in [-0.2, 0) is 14.3 Å². The van der Waals surface area contributed by atoms with Gasteiger partial charge in [-0.2, -0.15) is 5.26 Å². The van der Waals surface area contributed by atoms with Gasteiger partial charge in [-0.15, -0.1) is 0 Å². The number of carbonyl (C=O) groups excluding carboxylic acids is 2. The van der Waals surface area contributed by atoms with Gasteiger partial charge in [0.25, 0.3) is 11.8 Å². The molecule has 11 nitrogen and oxygen atoms in total. The predicted octanol–water partition coefficient (Wildman–Crippen LogP) is 1.36. The fraction of sp³-hybridized carbons (Fsp3) is 0.318. The van der Waals surface area contributed by atoms with Crippen molar-refractivity contribution in [3.05, 3.63) is 48.1 Å². The van der Waals surface area contributed by atoms with Crippen molar-refractivity contribution in [1.82, 2.24) is 14.9 Å². The molecule has 0 unspecified atom stereocenters. The number of imide groups is 1. The standard InChI is InChI=1S/C22H24N6O5/c1-2-32-14-20(31)28(19(30)13-29)11-5-9-24-22-25-10-8-16(27-22)15(12-23)21-26-17-6-3-4-7-18(17)33-21/h3-4,6-8,10,26,29H,2,5,9,11,13-14H2,1H3,(H,24,25,27). The summed E-state index contributed by atoms with van der Waals surface area (Å²) in [6, 6.07) is 11.0. The Morgan fingerprint density at radius 2 is 2.12 bits per heavy atom. The monoisotopic (exact) mass is 452 g/mol. The Kier molecular flexibility index (Phi) is 8.29. The molecule has 33 heavy (non-hydrogen) atoms. The highest BCUT2D eigenvalue weighted by atomic mass is 16.5. The largest absolute Gasteiger partial charge is 0.437 e. The van der Waals surface area contributed by atoms with Gasteiger partial charge in [0.2, 0.25) is 11.8 Å². The van der Waals surface area contributed by atoms with Gasteiger partial charge in [0.15, 0.2) is 5.75 Å². The number of nitrogens with one attached hydrogen (secondary N) is 2. The number of benzene rings is 1. The van der Waals surface area contributed by atoms with Gasteiger partial charge in [0.1, 0.15) is 24.9 Å². The van der Waals surface area contributed by atoms with E-state index in [0.717, 1.165) is 10.6 Å². The van der Waals surface area contributed by atoms with Crippen LogP contribution >= 0.6 is 0 Å². The number of anilines is 2. The summed E-state index contributed by atoms with van der Waals surface area (Å²) >= 11 is 0. The van der Waals surface area contributed by atoms with Crippen LogP contribution in [0.5, 0.6) is 5.75 Å². The Morgan fingerprint density at radius 1 is 1.30 bits per heavy atom. The van der Waals surface area contributed by atoms with Crippen molar-refractivity contribution in [2.45, 2.75) is 13.3 Å². The number of rotatable bonds is 10. The molecular weight excluding hydrogens is 428 g/mol. The predicted molar refractivity (Wildman–Crippen MR) is 119 cm³/mol. The third kappa shape index (κ3) is 6.03. The summed E-state index contributed by atoms with van der Waals surface area (Å²) in [6.45, 7) is 1.54. The van der Waals surface area contributed by atoms with E-state index in [4.69, 9.17) is 14.6 Å². The minimum atomic E-state index is -0.762. The number of hydrogen-bond donors (Lipinski definition) is 3. The first-order chi connectivity index (χ1) is 16.1. The molecule has 2 amide bonds. The maximum absolute atomic E-state index is 12.1. The van der Waals surface area contributed by atoms with Crippen molar-refractivity contribution in [2.75, 3.05) is 43.5 Å². The molecule has 0 atom stereocenters. The number of nitriles is 1. The number of hydrogen-bond acceptors (Lipinski definition) is 10. The number of nitrogens with zero attached hydrogens (tertiary/aromatic N) is 4. The fourth-order valence-corrected chi connectivity index (χ4v) is 3.02. The molecule has 11 heteroatoms. The van der Waals surface area contributed by atoms with Gasteiger partial charge in [0.05, 0.1) is 11.4 Å². The van der Waals surface area contributed by atoms with E-state index in [1.807, 2.05) is 18.2 Å². The molecule has 0 fully saturated rings. The van der Waals surface area contributed by atoms with E-state index in [0.29, 0.717) is 31.0 Å². The van der Waals surface area contributed by atoms with Gasteiger partial charge in [-0.25, -0.2) is 9.97 Å². The Labute approximate surface area is 190 Å². The van der Waals surface area contributed by atoms with E-state index in [2.05, 4.69) is 26.7 Å². The molecule has 0 bridgehead atoms. The minimum absolute atomic E-state index is 0.0987. The highest BCUT2D eigenvalue weighted by molar-refractivity contribution is 5.96.